The maximum atomic E-state index is 11.3. The first-order valence-electron chi connectivity index (χ1n) is 16.8. The van der Waals surface area contributed by atoms with Crippen LogP contribution in [-0.2, 0) is 11.2 Å². The number of phenols is 1. The van der Waals surface area contributed by atoms with Crippen LogP contribution >= 0.6 is 0 Å². The summed E-state index contributed by atoms with van der Waals surface area (Å²) in [5.74, 6) is 4.16. The molecule has 7 fully saturated rings. The van der Waals surface area contributed by atoms with E-state index in [1.807, 2.05) is 12.1 Å². The summed E-state index contributed by atoms with van der Waals surface area (Å²) in [4.78, 5) is 26.0. The molecule has 240 valence electrons. The van der Waals surface area contributed by atoms with E-state index in [0.29, 0.717) is 46.9 Å². The number of piperidine rings is 1. The molecule has 3 saturated carbocycles. The first-order chi connectivity index (χ1) is 21.8. The number of para-hydroxylation sites is 1. The number of hydrogen-bond donors (Lipinski definition) is 5. The van der Waals surface area contributed by atoms with Gasteiger partial charge in [-0.25, -0.2) is 9.97 Å². The molecule has 0 radical (unpaired) electrons. The van der Waals surface area contributed by atoms with Gasteiger partial charge in [-0.3, -0.25) is 4.79 Å². The van der Waals surface area contributed by atoms with E-state index in [9.17, 15) is 15.0 Å². The number of aromatic hydroxyl groups is 1. The van der Waals surface area contributed by atoms with Crippen molar-refractivity contribution >= 4 is 11.7 Å². The molecule has 10 heteroatoms. The smallest absolute Gasteiger partial charge is 0.306 e. The van der Waals surface area contributed by atoms with Gasteiger partial charge in [0.2, 0.25) is 0 Å². The number of nitrogens with zero attached hydrogens (tertiary/aromatic N) is 4. The normalized spacial score (nSPS) is 31.8. The van der Waals surface area contributed by atoms with Gasteiger partial charge in [0.05, 0.1) is 11.6 Å². The van der Waals surface area contributed by atoms with Gasteiger partial charge in [-0.2, -0.15) is 0 Å². The van der Waals surface area contributed by atoms with Gasteiger partial charge in [-0.15, -0.1) is 0 Å². The molecule has 5 unspecified atom stereocenters. The van der Waals surface area contributed by atoms with Gasteiger partial charge >= 0.3 is 5.97 Å². The highest BCUT2D eigenvalue weighted by Crippen LogP contribution is 2.64. The van der Waals surface area contributed by atoms with E-state index in [-0.39, 0.29) is 17.5 Å². The Morgan fingerprint density at radius 2 is 1.67 bits per heavy atom. The van der Waals surface area contributed by atoms with E-state index >= 15 is 0 Å². The minimum absolute atomic E-state index is 0.134. The molecular weight excluding hydrogens is 566 g/mol. The highest BCUT2D eigenvalue weighted by atomic mass is 16.4. The first-order valence-corrected chi connectivity index (χ1v) is 16.8. The van der Waals surface area contributed by atoms with E-state index in [1.54, 1.807) is 18.2 Å². The Labute approximate surface area is 265 Å². The number of carboxylic acid groups (broad SMARTS) is 1. The maximum Gasteiger partial charge on any atom is 0.306 e. The number of phenolic OH excluding ortho intramolecular Hbond substituents is 1. The van der Waals surface area contributed by atoms with E-state index in [1.165, 1.54) is 12.0 Å². The number of carbonyl (C=O) groups is 1. The van der Waals surface area contributed by atoms with Crippen molar-refractivity contribution in [1.82, 2.24) is 19.8 Å². The molecule has 9 rings (SSSR count). The third-order valence-electron chi connectivity index (χ3n) is 11.9. The Hall–Kier alpha value is -3.79. The number of likely N-dealkylation sites (tertiary alicyclic amines) is 1. The summed E-state index contributed by atoms with van der Waals surface area (Å²) in [6.07, 6.45) is 13.9. The van der Waals surface area contributed by atoms with Crippen molar-refractivity contribution in [2.24, 2.45) is 52.7 Å². The van der Waals surface area contributed by atoms with E-state index in [2.05, 4.69) is 22.2 Å². The van der Waals surface area contributed by atoms with Crippen LogP contribution in [0.4, 0.5) is 0 Å². The lowest BCUT2D eigenvalue weighted by molar-refractivity contribution is -0.143. The van der Waals surface area contributed by atoms with E-state index in [0.717, 1.165) is 88.6 Å². The second kappa shape index (κ2) is 12.2. The van der Waals surface area contributed by atoms with Crippen LogP contribution in [0.1, 0.15) is 67.8 Å². The SMILES string of the molecule is NC(N)=C(/C=C(\N)c1ccccc1O)N1CC2CC3C(C1)C(Cc1ncc(C4CCN(C5CCC(C(=O)O)CC5)CC4)cn1)C23. The third-order valence-corrected chi connectivity index (χ3v) is 11.9. The third kappa shape index (κ3) is 5.73. The molecule has 5 heterocycles. The van der Waals surface area contributed by atoms with Crippen LogP contribution in [0.25, 0.3) is 5.70 Å². The Kier molecular flexibility index (Phi) is 8.10. The quantitative estimate of drug-likeness (QED) is 0.278. The lowest BCUT2D eigenvalue weighted by Gasteiger charge is -2.61. The van der Waals surface area contributed by atoms with Crippen LogP contribution in [0.15, 0.2) is 54.3 Å². The average molecular weight is 614 g/mol. The molecule has 1 aromatic heterocycles. The topological polar surface area (TPSA) is 168 Å². The van der Waals surface area contributed by atoms with Crippen LogP contribution in [0.3, 0.4) is 0 Å². The Balaban J connectivity index is 0.954. The summed E-state index contributed by atoms with van der Waals surface area (Å²) >= 11 is 0. The molecule has 4 aliphatic heterocycles. The zero-order valence-electron chi connectivity index (χ0n) is 26.0. The zero-order chi connectivity index (χ0) is 31.2. The number of benzene rings is 1. The van der Waals surface area contributed by atoms with Gasteiger partial charge in [0.1, 0.15) is 17.4 Å². The molecule has 0 spiro atoms. The predicted molar refractivity (Wildman–Crippen MR) is 172 cm³/mol. The van der Waals surface area contributed by atoms with E-state index in [4.69, 9.17) is 27.2 Å². The minimum Gasteiger partial charge on any atom is -0.507 e. The number of nitrogens with two attached hydrogens (primary N) is 3. The molecule has 8 N–H and O–H groups in total. The fourth-order valence-corrected chi connectivity index (χ4v) is 9.44. The highest BCUT2D eigenvalue weighted by Gasteiger charge is 2.62. The Morgan fingerprint density at radius 3 is 2.33 bits per heavy atom. The van der Waals surface area contributed by atoms with Crippen molar-refractivity contribution in [2.75, 3.05) is 26.2 Å². The van der Waals surface area contributed by atoms with Crippen LogP contribution < -0.4 is 17.2 Å². The van der Waals surface area contributed by atoms with Gasteiger partial charge in [0, 0.05) is 49.2 Å². The van der Waals surface area contributed by atoms with Crippen LogP contribution in [-0.4, -0.2) is 68.2 Å². The van der Waals surface area contributed by atoms with Crippen molar-refractivity contribution in [1.29, 1.82) is 0 Å². The van der Waals surface area contributed by atoms with Gasteiger partial charge in [-0.05, 0) is 117 Å². The summed E-state index contributed by atoms with van der Waals surface area (Å²) in [7, 11) is 0. The van der Waals surface area contributed by atoms with Crippen molar-refractivity contribution < 1.29 is 15.0 Å². The molecule has 2 aromatic rings. The Bertz CT molecular complexity index is 1460. The number of hydrogen-bond acceptors (Lipinski definition) is 9. The summed E-state index contributed by atoms with van der Waals surface area (Å²) in [6, 6.07) is 7.58. The lowest BCUT2D eigenvalue weighted by Crippen LogP contribution is -2.59. The monoisotopic (exact) mass is 613 g/mol. The van der Waals surface area contributed by atoms with Crippen LogP contribution in [0, 0.1) is 35.5 Å². The number of aromatic nitrogens is 2. The van der Waals surface area contributed by atoms with Gasteiger partial charge in [-0.1, -0.05) is 12.1 Å². The van der Waals surface area contributed by atoms with Gasteiger partial charge in [0.15, 0.2) is 0 Å². The highest BCUT2D eigenvalue weighted by molar-refractivity contribution is 5.70. The van der Waals surface area contributed by atoms with E-state index < -0.39 is 5.97 Å². The predicted octanol–water partition coefficient (Wildman–Crippen LogP) is 3.45. The van der Waals surface area contributed by atoms with Crippen molar-refractivity contribution in [3.05, 3.63) is 71.2 Å². The molecule has 7 aliphatic rings. The van der Waals surface area contributed by atoms with Gasteiger partial charge in [0.25, 0.3) is 0 Å². The van der Waals surface area contributed by atoms with Crippen molar-refractivity contribution in [3.63, 3.8) is 0 Å². The second-order valence-electron chi connectivity index (χ2n) is 14.2. The number of allylic oxidation sites excluding steroid dienone is 1. The minimum atomic E-state index is -0.631. The molecule has 4 bridgehead atoms. The number of rotatable bonds is 8. The lowest BCUT2D eigenvalue weighted by atomic mass is 9.43. The maximum absolute atomic E-state index is 11.3. The molecule has 10 nitrogen and oxygen atoms in total. The molecule has 3 aliphatic carbocycles. The zero-order valence-corrected chi connectivity index (χ0v) is 26.0. The fourth-order valence-electron chi connectivity index (χ4n) is 9.44. The molecular formula is C35H47N7O3. The Morgan fingerprint density at radius 1 is 0.956 bits per heavy atom. The summed E-state index contributed by atoms with van der Waals surface area (Å²) in [5.41, 5.74) is 21.8. The van der Waals surface area contributed by atoms with Crippen molar-refractivity contribution in [2.45, 2.75) is 63.3 Å². The van der Waals surface area contributed by atoms with Crippen LogP contribution in [0.5, 0.6) is 5.75 Å². The summed E-state index contributed by atoms with van der Waals surface area (Å²) in [5, 5.41) is 19.6. The molecule has 45 heavy (non-hydrogen) atoms. The molecule has 0 amide bonds. The summed E-state index contributed by atoms with van der Waals surface area (Å²) in [6.45, 7) is 3.92. The average Bonchev–Trinajstić information content (AvgIpc) is 3.39. The second-order valence-corrected chi connectivity index (χ2v) is 14.2. The molecule has 1 aromatic carbocycles. The summed E-state index contributed by atoms with van der Waals surface area (Å²) < 4.78 is 0. The molecule has 4 saturated heterocycles. The number of aliphatic carboxylic acids is 1. The standard InChI is InChI=1S/C35H47N7O3/c36-29(25-3-1-2-4-31(25)43)15-30(34(37)38)42-18-22-13-26-28(19-42)27(33(22)26)14-32-39-16-23(17-40-32)20-9-11-41(12-10-20)24-7-5-21(6-8-24)35(44)45/h1-4,15-17,20-22,24,26-28,33,43H,5-14,18-19,36-38H2,(H,44,45)/b29-15-. The van der Waals surface area contributed by atoms with Crippen molar-refractivity contribution in [3.8, 4) is 5.75 Å². The van der Waals surface area contributed by atoms with Gasteiger partial charge < -0.3 is 37.2 Å². The molecule has 5 atom stereocenters. The largest absolute Gasteiger partial charge is 0.507 e. The first kappa shape index (κ1) is 29.9. The number of carboxylic acids is 1. The fraction of sp³-hybridized carbons (Fsp3) is 0.571. The van der Waals surface area contributed by atoms with Crippen LogP contribution in [0.2, 0.25) is 0 Å².